The van der Waals surface area contributed by atoms with E-state index in [1.165, 1.54) is 4.90 Å². The molecule has 2 aromatic rings. The number of hydrogen-bond donors (Lipinski definition) is 0. The molecule has 1 aromatic carbocycles. The van der Waals surface area contributed by atoms with Crippen LogP contribution in [0.25, 0.3) is 0 Å². The first-order chi connectivity index (χ1) is 12.4. The van der Waals surface area contributed by atoms with E-state index in [2.05, 4.69) is 4.98 Å². The molecular formula is C18H17F3N2O3. The molecule has 0 aliphatic carbocycles. The van der Waals surface area contributed by atoms with Gasteiger partial charge < -0.3 is 14.4 Å². The number of hydrogen-bond acceptors (Lipinski definition) is 4. The number of fused-ring (bicyclic) bond motifs is 1. The van der Waals surface area contributed by atoms with E-state index in [1.807, 2.05) is 12.1 Å². The lowest BCUT2D eigenvalue weighted by molar-refractivity contribution is -0.141. The van der Waals surface area contributed by atoms with Gasteiger partial charge in [-0.1, -0.05) is 12.1 Å². The summed E-state index contributed by atoms with van der Waals surface area (Å²) in [6, 6.07) is 9.16. The van der Waals surface area contributed by atoms with Gasteiger partial charge in [0.2, 0.25) is 0 Å². The minimum atomic E-state index is -4.54. The number of carbonyl (C=O) groups excluding carboxylic acids is 1. The Hall–Kier alpha value is -2.77. The lowest BCUT2D eigenvalue weighted by Crippen LogP contribution is -2.43. The van der Waals surface area contributed by atoms with Crippen LogP contribution in [0.4, 0.5) is 13.2 Å². The molecule has 1 aromatic heterocycles. The van der Waals surface area contributed by atoms with Crippen molar-refractivity contribution >= 4 is 5.91 Å². The van der Waals surface area contributed by atoms with Gasteiger partial charge in [0, 0.05) is 12.7 Å². The third-order valence-corrected chi connectivity index (χ3v) is 3.96. The number of amides is 1. The fourth-order valence-corrected chi connectivity index (χ4v) is 2.63. The number of aromatic nitrogens is 1. The van der Waals surface area contributed by atoms with Crippen LogP contribution in [0.1, 0.15) is 23.0 Å². The summed E-state index contributed by atoms with van der Waals surface area (Å²) >= 11 is 0. The van der Waals surface area contributed by atoms with Gasteiger partial charge in [-0.3, -0.25) is 9.78 Å². The van der Waals surface area contributed by atoms with Crippen molar-refractivity contribution in [2.24, 2.45) is 0 Å². The summed E-state index contributed by atoms with van der Waals surface area (Å²) in [7, 11) is 0. The largest absolute Gasteiger partial charge is 0.486 e. The number of nitrogens with zero attached hydrogens (tertiary/aromatic N) is 2. The molecule has 0 saturated heterocycles. The van der Waals surface area contributed by atoms with Gasteiger partial charge in [-0.15, -0.1) is 0 Å². The maximum absolute atomic E-state index is 12.6. The Balaban J connectivity index is 1.68. The number of carbonyl (C=O) groups is 1. The van der Waals surface area contributed by atoms with Gasteiger partial charge in [-0.25, -0.2) is 0 Å². The summed E-state index contributed by atoms with van der Waals surface area (Å²) in [6.45, 7) is 2.70. The number of ether oxygens (including phenoxy) is 2. The van der Waals surface area contributed by atoms with Gasteiger partial charge in [0.05, 0.1) is 12.1 Å². The average Bonchev–Trinajstić information content (AvgIpc) is 2.65. The smallest absolute Gasteiger partial charge is 0.433 e. The second-order valence-corrected chi connectivity index (χ2v) is 5.77. The number of para-hydroxylation sites is 2. The quantitative estimate of drug-likeness (QED) is 0.832. The summed E-state index contributed by atoms with van der Waals surface area (Å²) < 4.78 is 49.2. The molecule has 2 heterocycles. The Morgan fingerprint density at radius 1 is 1.23 bits per heavy atom. The normalized spacial score (nSPS) is 16.2. The molecule has 0 bridgehead atoms. The SMILES string of the molecule is CCN(CC1COc2ccccc2O1)C(=O)c1ccc(C(F)(F)F)nc1. The van der Waals surface area contributed by atoms with Gasteiger partial charge in [0.25, 0.3) is 5.91 Å². The highest BCUT2D eigenvalue weighted by Gasteiger charge is 2.32. The van der Waals surface area contributed by atoms with Crippen molar-refractivity contribution in [3.63, 3.8) is 0 Å². The van der Waals surface area contributed by atoms with Gasteiger partial charge in [-0.05, 0) is 31.2 Å². The zero-order valence-electron chi connectivity index (χ0n) is 14.0. The molecule has 138 valence electrons. The molecule has 1 aliphatic rings. The zero-order chi connectivity index (χ0) is 18.7. The van der Waals surface area contributed by atoms with E-state index in [0.29, 0.717) is 18.0 Å². The van der Waals surface area contributed by atoms with Crippen molar-refractivity contribution in [1.29, 1.82) is 0 Å². The zero-order valence-corrected chi connectivity index (χ0v) is 14.0. The minimum Gasteiger partial charge on any atom is -0.486 e. The first-order valence-corrected chi connectivity index (χ1v) is 8.09. The lowest BCUT2D eigenvalue weighted by atomic mass is 10.2. The molecule has 3 rings (SSSR count). The molecule has 0 spiro atoms. The summed E-state index contributed by atoms with van der Waals surface area (Å²) in [6.07, 6.45) is -3.95. The van der Waals surface area contributed by atoms with Crippen molar-refractivity contribution in [3.05, 3.63) is 53.9 Å². The van der Waals surface area contributed by atoms with Crippen molar-refractivity contribution < 1.29 is 27.4 Å². The summed E-state index contributed by atoms with van der Waals surface area (Å²) in [5.41, 5.74) is -0.935. The van der Waals surface area contributed by atoms with Crippen LogP contribution in [0.3, 0.4) is 0 Å². The Bertz CT molecular complexity index is 778. The molecule has 0 fully saturated rings. The Morgan fingerprint density at radius 3 is 2.58 bits per heavy atom. The molecular weight excluding hydrogens is 349 g/mol. The van der Waals surface area contributed by atoms with Crippen molar-refractivity contribution in [2.45, 2.75) is 19.2 Å². The Labute approximate surface area is 148 Å². The van der Waals surface area contributed by atoms with Crippen LogP contribution in [0.2, 0.25) is 0 Å². The number of alkyl halides is 3. The third kappa shape index (κ3) is 3.89. The van der Waals surface area contributed by atoms with E-state index in [1.54, 1.807) is 19.1 Å². The molecule has 5 nitrogen and oxygen atoms in total. The molecule has 0 N–H and O–H groups in total. The lowest BCUT2D eigenvalue weighted by Gasteiger charge is -2.31. The fourth-order valence-electron chi connectivity index (χ4n) is 2.63. The summed E-state index contributed by atoms with van der Waals surface area (Å²) in [4.78, 5) is 17.4. The number of pyridine rings is 1. The Morgan fingerprint density at radius 2 is 1.96 bits per heavy atom. The topological polar surface area (TPSA) is 51.7 Å². The summed E-state index contributed by atoms with van der Waals surface area (Å²) in [5.74, 6) is 0.838. The standard InChI is InChI=1S/C18H17F3N2O3/c1-2-23(10-13-11-25-14-5-3-4-6-15(14)26-13)17(24)12-7-8-16(22-9-12)18(19,20)21/h3-9,13H,2,10-11H2,1H3. The van der Waals surface area contributed by atoms with Crippen LogP contribution in [-0.4, -0.2) is 41.6 Å². The molecule has 0 radical (unpaired) electrons. The summed E-state index contributed by atoms with van der Waals surface area (Å²) in [5, 5.41) is 0. The fraction of sp³-hybridized carbons (Fsp3) is 0.333. The second kappa shape index (κ2) is 7.23. The predicted molar refractivity (Wildman–Crippen MR) is 87.2 cm³/mol. The maximum Gasteiger partial charge on any atom is 0.433 e. The van der Waals surface area contributed by atoms with Crippen LogP contribution >= 0.6 is 0 Å². The van der Waals surface area contributed by atoms with E-state index in [0.717, 1.165) is 18.3 Å². The van der Waals surface area contributed by atoms with Gasteiger partial charge in [0.1, 0.15) is 12.3 Å². The highest BCUT2D eigenvalue weighted by Crippen LogP contribution is 2.31. The first-order valence-electron chi connectivity index (χ1n) is 8.09. The highest BCUT2D eigenvalue weighted by molar-refractivity contribution is 5.93. The van der Waals surface area contributed by atoms with Gasteiger partial charge >= 0.3 is 6.18 Å². The van der Waals surface area contributed by atoms with Crippen molar-refractivity contribution in [3.8, 4) is 11.5 Å². The van der Waals surface area contributed by atoms with Crippen LogP contribution < -0.4 is 9.47 Å². The molecule has 0 saturated carbocycles. The van der Waals surface area contributed by atoms with Crippen molar-refractivity contribution in [2.75, 3.05) is 19.7 Å². The van der Waals surface area contributed by atoms with Crippen LogP contribution in [-0.2, 0) is 6.18 Å². The molecule has 1 unspecified atom stereocenters. The molecule has 8 heteroatoms. The average molecular weight is 366 g/mol. The highest BCUT2D eigenvalue weighted by atomic mass is 19.4. The molecule has 1 amide bonds. The third-order valence-electron chi connectivity index (χ3n) is 3.96. The number of benzene rings is 1. The molecule has 1 atom stereocenters. The van der Waals surface area contributed by atoms with E-state index in [9.17, 15) is 18.0 Å². The monoisotopic (exact) mass is 366 g/mol. The van der Waals surface area contributed by atoms with E-state index < -0.39 is 17.8 Å². The van der Waals surface area contributed by atoms with Crippen LogP contribution in [0.15, 0.2) is 42.6 Å². The minimum absolute atomic E-state index is 0.0944. The van der Waals surface area contributed by atoms with Crippen LogP contribution in [0, 0.1) is 0 Å². The second-order valence-electron chi connectivity index (χ2n) is 5.77. The molecule has 26 heavy (non-hydrogen) atoms. The van der Waals surface area contributed by atoms with E-state index in [4.69, 9.17) is 9.47 Å². The maximum atomic E-state index is 12.6. The first kappa shape index (κ1) is 18.0. The van der Waals surface area contributed by atoms with E-state index >= 15 is 0 Å². The van der Waals surface area contributed by atoms with Crippen LogP contribution in [0.5, 0.6) is 11.5 Å². The van der Waals surface area contributed by atoms with Gasteiger partial charge in [0.15, 0.2) is 17.6 Å². The number of rotatable bonds is 4. The predicted octanol–water partition coefficient (Wildman–Crippen LogP) is 3.40. The molecule has 1 aliphatic heterocycles. The van der Waals surface area contributed by atoms with Crippen molar-refractivity contribution in [1.82, 2.24) is 9.88 Å². The Kier molecular flexibility index (Phi) is 5.01. The van der Waals surface area contributed by atoms with Gasteiger partial charge in [-0.2, -0.15) is 13.2 Å². The van der Waals surface area contributed by atoms with E-state index in [-0.39, 0.29) is 24.8 Å². The number of likely N-dealkylation sites (N-methyl/N-ethyl adjacent to an activating group) is 1. The number of halogens is 3.